The summed E-state index contributed by atoms with van der Waals surface area (Å²) in [6, 6.07) is 0.0176. The van der Waals surface area contributed by atoms with E-state index >= 15 is 0 Å². The van der Waals surface area contributed by atoms with E-state index in [4.69, 9.17) is 0 Å². The van der Waals surface area contributed by atoms with E-state index in [1.807, 2.05) is 13.8 Å². The van der Waals surface area contributed by atoms with E-state index < -0.39 is 0 Å². The zero-order valence-corrected chi connectivity index (χ0v) is 12.7. The molecule has 0 radical (unpaired) electrons. The van der Waals surface area contributed by atoms with Crippen LogP contribution in [0.15, 0.2) is 17.2 Å². The van der Waals surface area contributed by atoms with E-state index in [9.17, 15) is 9.59 Å². The lowest BCUT2D eigenvalue weighted by Crippen LogP contribution is -2.39. The van der Waals surface area contributed by atoms with Gasteiger partial charge < -0.3 is 4.90 Å². The van der Waals surface area contributed by atoms with Gasteiger partial charge in [0.2, 0.25) is 0 Å². The smallest absolute Gasteiger partial charge is 0.328 e. The number of hydrogen-bond acceptors (Lipinski definition) is 4. The second kappa shape index (κ2) is 5.78. The number of aromatic amines is 2. The zero-order valence-electron chi connectivity index (χ0n) is 12.7. The molecule has 0 saturated carbocycles. The van der Waals surface area contributed by atoms with Crippen molar-refractivity contribution in [2.75, 3.05) is 6.54 Å². The van der Waals surface area contributed by atoms with Crippen LogP contribution in [0.3, 0.4) is 0 Å². The Kier molecular flexibility index (Phi) is 3.82. The third-order valence-corrected chi connectivity index (χ3v) is 3.98. The molecule has 1 amide bonds. The average molecular weight is 304 g/mol. The number of hydrogen-bond donors (Lipinski definition) is 2. The first-order valence-corrected chi connectivity index (χ1v) is 7.56. The van der Waals surface area contributed by atoms with E-state index in [0.717, 1.165) is 19.3 Å². The summed E-state index contributed by atoms with van der Waals surface area (Å²) in [5.74, 6) is 0.453. The maximum absolute atomic E-state index is 12.8. The third kappa shape index (κ3) is 2.68. The molecule has 3 heterocycles. The van der Waals surface area contributed by atoms with Gasteiger partial charge in [0.25, 0.3) is 5.91 Å². The molecule has 0 aliphatic carbocycles. The Morgan fingerprint density at radius 1 is 1.41 bits per heavy atom. The van der Waals surface area contributed by atoms with Crippen LogP contribution < -0.4 is 5.69 Å². The van der Waals surface area contributed by atoms with Crippen molar-refractivity contribution in [3.63, 3.8) is 0 Å². The minimum Gasteiger partial charge on any atom is -0.328 e. The molecule has 0 spiro atoms. The van der Waals surface area contributed by atoms with Crippen LogP contribution in [0.5, 0.6) is 0 Å². The molecule has 3 rings (SSSR count). The van der Waals surface area contributed by atoms with Gasteiger partial charge in [0.1, 0.15) is 0 Å². The number of aromatic nitrogens is 5. The van der Waals surface area contributed by atoms with Crippen LogP contribution in [0.1, 0.15) is 61.4 Å². The molecule has 1 atom stereocenters. The molecule has 1 fully saturated rings. The van der Waals surface area contributed by atoms with Gasteiger partial charge in [-0.3, -0.25) is 14.5 Å². The van der Waals surface area contributed by atoms with E-state index in [0.29, 0.717) is 17.9 Å². The van der Waals surface area contributed by atoms with Crippen LogP contribution in [0.4, 0.5) is 0 Å². The number of amides is 1. The maximum Gasteiger partial charge on any atom is 0.340 e. The summed E-state index contributed by atoms with van der Waals surface area (Å²) in [4.78, 5) is 28.5. The van der Waals surface area contributed by atoms with Crippen molar-refractivity contribution < 1.29 is 4.79 Å². The molecule has 118 valence electrons. The van der Waals surface area contributed by atoms with Crippen molar-refractivity contribution in [2.24, 2.45) is 0 Å². The fourth-order valence-corrected chi connectivity index (χ4v) is 2.80. The number of piperidine rings is 1. The first-order valence-electron chi connectivity index (χ1n) is 7.56. The predicted octanol–water partition coefficient (Wildman–Crippen LogP) is 1.24. The van der Waals surface area contributed by atoms with Crippen LogP contribution in [-0.4, -0.2) is 42.3 Å². The number of rotatable bonds is 3. The molecular formula is C14H20N6O2. The first kappa shape index (κ1) is 14.6. The van der Waals surface area contributed by atoms with Gasteiger partial charge >= 0.3 is 5.69 Å². The van der Waals surface area contributed by atoms with Gasteiger partial charge in [-0.05, 0) is 33.1 Å². The largest absolute Gasteiger partial charge is 0.340 e. The van der Waals surface area contributed by atoms with E-state index in [1.165, 1.54) is 0 Å². The molecule has 2 aromatic heterocycles. The van der Waals surface area contributed by atoms with Crippen LogP contribution in [-0.2, 0) is 0 Å². The summed E-state index contributed by atoms with van der Waals surface area (Å²) in [5, 5.41) is 10.6. The van der Waals surface area contributed by atoms with Crippen molar-refractivity contribution in [3.05, 3.63) is 34.3 Å². The minimum absolute atomic E-state index is 0.0690. The highest BCUT2D eigenvalue weighted by Crippen LogP contribution is 2.29. The fourth-order valence-electron chi connectivity index (χ4n) is 2.80. The maximum atomic E-state index is 12.8. The van der Waals surface area contributed by atoms with Crippen LogP contribution >= 0.6 is 0 Å². The molecule has 22 heavy (non-hydrogen) atoms. The molecule has 1 aliphatic rings. The molecule has 2 aromatic rings. The standard InChI is InChI=1S/C14H20N6O2/c1-9(2)20-8-10(7-15-20)13(21)19-6-4-3-5-11(19)12-16-14(22)18-17-12/h7-9,11H,3-6H2,1-2H3,(H2,16,17,18,22)/t11-/m0/s1. The zero-order chi connectivity index (χ0) is 15.7. The summed E-state index contributed by atoms with van der Waals surface area (Å²) < 4.78 is 1.77. The van der Waals surface area contributed by atoms with Crippen molar-refractivity contribution >= 4 is 5.91 Å². The van der Waals surface area contributed by atoms with Gasteiger partial charge in [0, 0.05) is 18.8 Å². The highest BCUT2D eigenvalue weighted by Gasteiger charge is 2.31. The normalized spacial score (nSPS) is 18.9. The van der Waals surface area contributed by atoms with Gasteiger partial charge in [-0.2, -0.15) is 10.2 Å². The van der Waals surface area contributed by atoms with Crippen molar-refractivity contribution in [1.82, 2.24) is 29.9 Å². The second-order valence-electron chi connectivity index (χ2n) is 5.88. The van der Waals surface area contributed by atoms with Crippen LogP contribution in [0.25, 0.3) is 0 Å². The number of carbonyl (C=O) groups is 1. The molecular weight excluding hydrogens is 284 g/mol. The van der Waals surface area contributed by atoms with Crippen molar-refractivity contribution in [2.45, 2.75) is 45.2 Å². The van der Waals surface area contributed by atoms with E-state index in [1.54, 1.807) is 22.0 Å². The molecule has 8 heteroatoms. The Labute approximate surface area is 127 Å². The number of H-pyrrole nitrogens is 2. The summed E-state index contributed by atoms with van der Waals surface area (Å²) >= 11 is 0. The Bertz CT molecular complexity index is 713. The second-order valence-corrected chi connectivity index (χ2v) is 5.88. The summed E-state index contributed by atoms with van der Waals surface area (Å²) in [6.45, 7) is 4.68. The highest BCUT2D eigenvalue weighted by molar-refractivity contribution is 5.94. The molecule has 0 aromatic carbocycles. The van der Waals surface area contributed by atoms with E-state index in [2.05, 4.69) is 20.3 Å². The molecule has 2 N–H and O–H groups in total. The van der Waals surface area contributed by atoms with Crippen LogP contribution in [0, 0.1) is 0 Å². The van der Waals surface area contributed by atoms with Crippen molar-refractivity contribution in [1.29, 1.82) is 0 Å². The Balaban J connectivity index is 1.86. The predicted molar refractivity (Wildman–Crippen MR) is 79.4 cm³/mol. The molecule has 0 bridgehead atoms. The topological polar surface area (TPSA) is 99.7 Å². The fraction of sp³-hybridized carbons (Fsp3) is 0.571. The Hall–Kier alpha value is -2.38. The van der Waals surface area contributed by atoms with E-state index in [-0.39, 0.29) is 23.7 Å². The first-order chi connectivity index (χ1) is 10.6. The number of nitrogens with zero attached hydrogens (tertiary/aromatic N) is 4. The highest BCUT2D eigenvalue weighted by atomic mass is 16.2. The molecule has 8 nitrogen and oxygen atoms in total. The SMILES string of the molecule is CC(C)n1cc(C(=O)N2CCCC[C@H]2c2n[nH]c(=O)[nH]2)cn1. The molecule has 1 saturated heterocycles. The Morgan fingerprint density at radius 2 is 2.23 bits per heavy atom. The summed E-state index contributed by atoms with van der Waals surface area (Å²) in [5.41, 5.74) is 0.221. The number of nitrogens with one attached hydrogen (secondary N) is 2. The van der Waals surface area contributed by atoms with Gasteiger partial charge in [-0.15, -0.1) is 0 Å². The van der Waals surface area contributed by atoms with Gasteiger partial charge in [0.15, 0.2) is 5.82 Å². The van der Waals surface area contributed by atoms with Gasteiger partial charge in [0.05, 0.1) is 17.8 Å². The summed E-state index contributed by atoms with van der Waals surface area (Å²) in [6.07, 6.45) is 6.13. The monoisotopic (exact) mass is 304 g/mol. The lowest BCUT2D eigenvalue weighted by Gasteiger charge is -2.34. The van der Waals surface area contributed by atoms with Crippen molar-refractivity contribution in [3.8, 4) is 0 Å². The molecule has 1 aliphatic heterocycles. The summed E-state index contributed by atoms with van der Waals surface area (Å²) in [7, 11) is 0. The van der Waals surface area contributed by atoms with Gasteiger partial charge in [-0.25, -0.2) is 9.89 Å². The molecule has 0 unspecified atom stereocenters. The third-order valence-electron chi connectivity index (χ3n) is 3.98. The minimum atomic E-state index is -0.347. The quantitative estimate of drug-likeness (QED) is 0.891. The lowest BCUT2D eigenvalue weighted by molar-refractivity contribution is 0.0600. The van der Waals surface area contributed by atoms with Crippen LogP contribution in [0.2, 0.25) is 0 Å². The lowest BCUT2D eigenvalue weighted by atomic mass is 10.0. The number of likely N-dealkylation sites (tertiary alicyclic amines) is 1. The average Bonchev–Trinajstić information content (AvgIpc) is 3.15. The Morgan fingerprint density at radius 3 is 2.86 bits per heavy atom. The number of carbonyl (C=O) groups excluding carboxylic acids is 1. The van der Waals surface area contributed by atoms with Gasteiger partial charge in [-0.1, -0.05) is 0 Å².